The zero-order chi connectivity index (χ0) is 12.3. The molecule has 1 amide bonds. The highest BCUT2D eigenvalue weighted by Crippen LogP contribution is 2.10. The third-order valence-electron chi connectivity index (χ3n) is 2.16. The Morgan fingerprint density at radius 3 is 3.12 bits per heavy atom. The Balaban J connectivity index is 2.07. The van der Waals surface area contributed by atoms with Crippen LogP contribution in [0.25, 0.3) is 0 Å². The van der Waals surface area contributed by atoms with Gasteiger partial charge in [-0.25, -0.2) is 9.37 Å². The first kappa shape index (κ1) is 11.5. The number of nitrogens with two attached hydrogens (primary N) is 1. The quantitative estimate of drug-likeness (QED) is 0.874. The Morgan fingerprint density at radius 1 is 1.59 bits per heavy atom. The van der Waals surface area contributed by atoms with Gasteiger partial charge in [0.2, 0.25) is 0 Å². The molecule has 0 aliphatic heterocycles. The molecule has 2 aromatic heterocycles. The average molecular weight is 251 g/mol. The molecule has 0 radical (unpaired) electrons. The molecule has 0 aromatic carbocycles. The number of carbonyl (C=O) groups is 1. The van der Waals surface area contributed by atoms with Gasteiger partial charge in [0, 0.05) is 6.54 Å². The lowest BCUT2D eigenvalue weighted by Gasteiger charge is -2.05. The van der Waals surface area contributed by atoms with Crippen LogP contribution in [-0.2, 0) is 6.54 Å². The Kier molecular flexibility index (Phi) is 3.34. The van der Waals surface area contributed by atoms with Gasteiger partial charge in [0.25, 0.3) is 5.91 Å². The number of thiophene rings is 1. The van der Waals surface area contributed by atoms with E-state index in [1.165, 1.54) is 0 Å². The average Bonchev–Trinajstić information content (AvgIpc) is 2.82. The number of hydrogen-bond donors (Lipinski definition) is 2. The second-order valence-corrected chi connectivity index (χ2v) is 4.18. The number of carbonyl (C=O) groups excluding carboxylic acids is 1. The number of halogens is 1. The van der Waals surface area contributed by atoms with Gasteiger partial charge in [-0.3, -0.25) is 4.79 Å². The number of nitrogens with zero attached hydrogens (tertiary/aromatic N) is 1. The van der Waals surface area contributed by atoms with Crippen LogP contribution in [0.4, 0.5) is 10.2 Å². The second kappa shape index (κ2) is 4.92. The summed E-state index contributed by atoms with van der Waals surface area (Å²) in [5, 5.41) is 6.49. The fraction of sp³-hybridized carbons (Fsp3) is 0.0909. The highest BCUT2D eigenvalue weighted by atomic mass is 32.1. The SMILES string of the molecule is Nc1ncc(F)cc1C(=O)NCc1ccsc1. The summed E-state index contributed by atoms with van der Waals surface area (Å²) in [7, 11) is 0. The molecular formula is C11H10FN3OS. The molecule has 2 heterocycles. The highest BCUT2D eigenvalue weighted by molar-refractivity contribution is 7.07. The predicted octanol–water partition coefficient (Wildman–Crippen LogP) is 1.79. The van der Waals surface area contributed by atoms with Gasteiger partial charge in [0.1, 0.15) is 11.6 Å². The molecule has 0 saturated heterocycles. The number of nitrogen functional groups attached to an aromatic ring is 1. The fourth-order valence-corrected chi connectivity index (χ4v) is 1.97. The Morgan fingerprint density at radius 2 is 2.41 bits per heavy atom. The first-order valence-corrected chi connectivity index (χ1v) is 5.81. The fourth-order valence-electron chi connectivity index (χ4n) is 1.30. The van der Waals surface area contributed by atoms with Crippen LogP contribution in [0.15, 0.2) is 29.1 Å². The molecule has 0 spiro atoms. The molecule has 0 saturated carbocycles. The van der Waals surface area contributed by atoms with Gasteiger partial charge in [0.05, 0.1) is 11.8 Å². The molecule has 0 fully saturated rings. The van der Waals surface area contributed by atoms with E-state index in [-0.39, 0.29) is 11.4 Å². The van der Waals surface area contributed by atoms with Crippen LogP contribution < -0.4 is 11.1 Å². The first-order valence-electron chi connectivity index (χ1n) is 4.87. The Hall–Kier alpha value is -1.95. The normalized spacial score (nSPS) is 10.2. The van der Waals surface area contributed by atoms with Crippen molar-refractivity contribution < 1.29 is 9.18 Å². The summed E-state index contributed by atoms with van der Waals surface area (Å²) in [4.78, 5) is 15.3. The van der Waals surface area contributed by atoms with E-state index >= 15 is 0 Å². The van der Waals surface area contributed by atoms with Gasteiger partial charge in [-0.05, 0) is 28.5 Å². The molecule has 6 heteroatoms. The molecule has 2 rings (SSSR count). The monoisotopic (exact) mass is 251 g/mol. The van der Waals surface area contributed by atoms with Crippen molar-refractivity contribution in [2.45, 2.75) is 6.54 Å². The third-order valence-corrected chi connectivity index (χ3v) is 2.89. The molecular weight excluding hydrogens is 241 g/mol. The molecule has 0 aliphatic rings. The maximum atomic E-state index is 12.9. The van der Waals surface area contributed by atoms with Crippen molar-refractivity contribution >= 4 is 23.1 Å². The van der Waals surface area contributed by atoms with Crippen molar-refractivity contribution in [2.24, 2.45) is 0 Å². The van der Waals surface area contributed by atoms with Crippen LogP contribution in [-0.4, -0.2) is 10.9 Å². The van der Waals surface area contributed by atoms with E-state index in [4.69, 9.17) is 5.73 Å². The Bertz CT molecular complexity index is 528. The standard InChI is InChI=1S/C11H10FN3OS/c12-8-3-9(10(13)14-5-8)11(16)15-4-7-1-2-17-6-7/h1-3,5-6H,4H2,(H2,13,14)(H,15,16). The van der Waals surface area contributed by atoms with Crippen LogP contribution in [0.3, 0.4) is 0 Å². The lowest BCUT2D eigenvalue weighted by molar-refractivity contribution is 0.0951. The molecule has 0 atom stereocenters. The molecule has 0 unspecified atom stereocenters. The molecule has 3 N–H and O–H groups in total. The van der Waals surface area contributed by atoms with Crippen LogP contribution in [0, 0.1) is 5.82 Å². The van der Waals surface area contributed by atoms with Crippen molar-refractivity contribution in [2.75, 3.05) is 5.73 Å². The number of aromatic nitrogens is 1. The maximum absolute atomic E-state index is 12.9. The molecule has 0 bridgehead atoms. The number of anilines is 1. The summed E-state index contributed by atoms with van der Waals surface area (Å²) in [5.41, 5.74) is 6.55. The summed E-state index contributed by atoms with van der Waals surface area (Å²) < 4.78 is 12.9. The first-order chi connectivity index (χ1) is 8.16. The summed E-state index contributed by atoms with van der Waals surface area (Å²) in [6.45, 7) is 0.387. The van der Waals surface area contributed by atoms with Gasteiger partial charge in [0.15, 0.2) is 0 Å². The van der Waals surface area contributed by atoms with Crippen LogP contribution >= 0.6 is 11.3 Å². The third kappa shape index (κ3) is 2.79. The van der Waals surface area contributed by atoms with Crippen molar-refractivity contribution in [3.05, 3.63) is 46.0 Å². The van der Waals surface area contributed by atoms with E-state index in [1.54, 1.807) is 11.3 Å². The summed E-state index contributed by atoms with van der Waals surface area (Å²) in [6, 6.07) is 2.98. The topological polar surface area (TPSA) is 68.0 Å². The van der Waals surface area contributed by atoms with Crippen molar-refractivity contribution in [1.29, 1.82) is 0 Å². The lowest BCUT2D eigenvalue weighted by atomic mass is 10.2. The van der Waals surface area contributed by atoms with Gasteiger partial charge in [-0.1, -0.05) is 0 Å². The largest absolute Gasteiger partial charge is 0.383 e. The van der Waals surface area contributed by atoms with E-state index in [2.05, 4.69) is 10.3 Å². The van der Waals surface area contributed by atoms with Crippen molar-refractivity contribution in [3.63, 3.8) is 0 Å². The molecule has 4 nitrogen and oxygen atoms in total. The number of hydrogen-bond acceptors (Lipinski definition) is 4. The summed E-state index contributed by atoms with van der Waals surface area (Å²) in [5.74, 6) is -0.991. The van der Waals surface area contributed by atoms with E-state index in [0.29, 0.717) is 6.54 Å². The van der Waals surface area contributed by atoms with Crippen LogP contribution in [0.2, 0.25) is 0 Å². The van der Waals surface area contributed by atoms with Crippen LogP contribution in [0.5, 0.6) is 0 Å². The maximum Gasteiger partial charge on any atom is 0.255 e. The highest BCUT2D eigenvalue weighted by Gasteiger charge is 2.11. The molecule has 17 heavy (non-hydrogen) atoms. The van der Waals surface area contributed by atoms with E-state index in [0.717, 1.165) is 17.8 Å². The summed E-state index contributed by atoms with van der Waals surface area (Å²) >= 11 is 1.54. The van der Waals surface area contributed by atoms with Gasteiger partial charge in [-0.15, -0.1) is 0 Å². The zero-order valence-corrected chi connectivity index (χ0v) is 9.63. The molecule has 0 aliphatic carbocycles. The van der Waals surface area contributed by atoms with Crippen LogP contribution in [0.1, 0.15) is 15.9 Å². The minimum atomic E-state index is -0.583. The van der Waals surface area contributed by atoms with Gasteiger partial charge in [-0.2, -0.15) is 11.3 Å². The predicted molar refractivity (Wildman–Crippen MR) is 64.1 cm³/mol. The molecule has 88 valence electrons. The minimum absolute atomic E-state index is 0.0224. The number of rotatable bonds is 3. The van der Waals surface area contributed by atoms with E-state index in [1.807, 2.05) is 16.8 Å². The number of pyridine rings is 1. The minimum Gasteiger partial charge on any atom is -0.383 e. The summed E-state index contributed by atoms with van der Waals surface area (Å²) in [6.07, 6.45) is 0.977. The number of nitrogens with one attached hydrogen (secondary N) is 1. The van der Waals surface area contributed by atoms with Crippen molar-refractivity contribution in [3.8, 4) is 0 Å². The zero-order valence-electron chi connectivity index (χ0n) is 8.81. The number of amides is 1. The molecule has 2 aromatic rings. The van der Waals surface area contributed by atoms with E-state index in [9.17, 15) is 9.18 Å². The van der Waals surface area contributed by atoms with Crippen molar-refractivity contribution in [1.82, 2.24) is 10.3 Å². The Labute approximate surface area is 101 Å². The second-order valence-electron chi connectivity index (χ2n) is 3.40. The van der Waals surface area contributed by atoms with Gasteiger partial charge < -0.3 is 11.1 Å². The smallest absolute Gasteiger partial charge is 0.255 e. The lowest BCUT2D eigenvalue weighted by Crippen LogP contribution is -2.24. The van der Waals surface area contributed by atoms with E-state index < -0.39 is 11.7 Å². The van der Waals surface area contributed by atoms with Gasteiger partial charge >= 0.3 is 0 Å².